The Morgan fingerprint density at radius 2 is 1.44 bits per heavy atom. The van der Waals surface area contributed by atoms with Crippen LogP contribution in [0.15, 0.2) is 66.7 Å². The van der Waals surface area contributed by atoms with Crippen molar-refractivity contribution in [3.8, 4) is 5.75 Å². The summed E-state index contributed by atoms with van der Waals surface area (Å²) in [5.41, 5.74) is 1.23. The second-order valence-corrected chi connectivity index (χ2v) is 8.32. The normalized spacial score (nSPS) is 24.8. The second-order valence-electron chi connectivity index (χ2n) is 8.32. The number of fused-ring (bicyclic) bond motifs is 1. The third-order valence-corrected chi connectivity index (χ3v) is 6.35. The zero-order valence-corrected chi connectivity index (χ0v) is 17.3. The molecule has 1 aliphatic carbocycles. The predicted octanol–water partition coefficient (Wildman–Crippen LogP) is 3.10. The molecule has 7 nitrogen and oxygen atoms in total. The number of carbonyl (C=O) groups excluding carboxylic acids is 4. The standard InChI is InChI=1S/C25H22N2O5/c28-22-14-16(15-26(22)17-6-2-1-3-7-17)25(31)32-19-12-10-18(11-13-19)27-23(29)20-8-4-5-9-21(20)24(27)30/h1-7,10-13,16,20-21H,8-9,14-15H2/t16-,20+,21+/m0/s1. The molecular weight excluding hydrogens is 408 g/mol. The van der Waals surface area contributed by atoms with E-state index in [2.05, 4.69) is 0 Å². The highest BCUT2D eigenvalue weighted by atomic mass is 16.5. The predicted molar refractivity (Wildman–Crippen MR) is 117 cm³/mol. The number of para-hydroxylation sites is 1. The Bertz CT molecular complexity index is 1080. The monoisotopic (exact) mass is 430 g/mol. The molecule has 2 aromatic carbocycles. The molecule has 2 aliphatic heterocycles. The Balaban J connectivity index is 1.25. The molecule has 2 heterocycles. The van der Waals surface area contributed by atoms with E-state index in [1.807, 2.05) is 42.5 Å². The molecule has 5 rings (SSSR count). The molecule has 3 aliphatic rings. The van der Waals surface area contributed by atoms with E-state index in [1.54, 1.807) is 29.2 Å². The van der Waals surface area contributed by atoms with E-state index < -0.39 is 11.9 Å². The lowest BCUT2D eigenvalue weighted by Gasteiger charge is -2.17. The van der Waals surface area contributed by atoms with Crippen LogP contribution in [0.5, 0.6) is 5.75 Å². The Morgan fingerprint density at radius 3 is 2.06 bits per heavy atom. The number of nitrogens with zero attached hydrogens (tertiary/aromatic N) is 2. The quantitative estimate of drug-likeness (QED) is 0.322. The zero-order valence-electron chi connectivity index (χ0n) is 17.3. The van der Waals surface area contributed by atoms with Crippen molar-refractivity contribution in [3.63, 3.8) is 0 Å². The van der Waals surface area contributed by atoms with Gasteiger partial charge in [0.05, 0.1) is 23.4 Å². The van der Waals surface area contributed by atoms with Crippen molar-refractivity contribution in [1.29, 1.82) is 0 Å². The van der Waals surface area contributed by atoms with Gasteiger partial charge in [-0.1, -0.05) is 30.4 Å². The van der Waals surface area contributed by atoms with Crippen LogP contribution >= 0.6 is 0 Å². The van der Waals surface area contributed by atoms with Crippen LogP contribution in [0.1, 0.15) is 19.3 Å². The van der Waals surface area contributed by atoms with E-state index >= 15 is 0 Å². The smallest absolute Gasteiger partial charge is 0.316 e. The van der Waals surface area contributed by atoms with Gasteiger partial charge in [0.1, 0.15) is 5.75 Å². The van der Waals surface area contributed by atoms with Crippen molar-refractivity contribution in [3.05, 3.63) is 66.7 Å². The highest BCUT2D eigenvalue weighted by Crippen LogP contribution is 2.38. The van der Waals surface area contributed by atoms with Gasteiger partial charge < -0.3 is 9.64 Å². The van der Waals surface area contributed by atoms with Gasteiger partial charge in [-0.25, -0.2) is 0 Å². The van der Waals surface area contributed by atoms with Gasteiger partial charge in [0.25, 0.3) is 0 Å². The lowest BCUT2D eigenvalue weighted by Crippen LogP contribution is -2.30. The third kappa shape index (κ3) is 3.49. The van der Waals surface area contributed by atoms with Gasteiger partial charge in [-0.3, -0.25) is 24.1 Å². The molecule has 2 fully saturated rings. The number of hydrogen-bond donors (Lipinski definition) is 0. The molecular formula is C25H22N2O5. The number of carbonyl (C=O) groups is 4. The van der Waals surface area contributed by atoms with E-state index in [1.165, 1.54) is 4.90 Å². The van der Waals surface area contributed by atoms with Gasteiger partial charge in [-0.2, -0.15) is 0 Å². The number of amides is 3. The van der Waals surface area contributed by atoms with Crippen molar-refractivity contribution in [2.75, 3.05) is 16.3 Å². The molecule has 0 bridgehead atoms. The molecule has 7 heteroatoms. The maximum atomic E-state index is 12.7. The number of allylic oxidation sites excluding steroid dienone is 2. The second kappa shape index (κ2) is 8.07. The molecule has 0 aromatic heterocycles. The first-order chi connectivity index (χ1) is 15.5. The minimum atomic E-state index is -0.556. The lowest BCUT2D eigenvalue weighted by atomic mass is 9.85. The van der Waals surface area contributed by atoms with Gasteiger partial charge in [0.15, 0.2) is 0 Å². The zero-order chi connectivity index (χ0) is 22.2. The van der Waals surface area contributed by atoms with Crippen molar-refractivity contribution in [1.82, 2.24) is 0 Å². The molecule has 0 radical (unpaired) electrons. The van der Waals surface area contributed by atoms with Gasteiger partial charge >= 0.3 is 5.97 Å². The van der Waals surface area contributed by atoms with E-state index in [-0.39, 0.29) is 42.5 Å². The summed E-state index contributed by atoms with van der Waals surface area (Å²) in [5, 5.41) is 0. The van der Waals surface area contributed by atoms with E-state index in [0.29, 0.717) is 24.3 Å². The SMILES string of the molecule is O=C(Oc1ccc(N2C(=O)[C@@H]3CC=CC[C@H]3C2=O)cc1)[C@H]1CC(=O)N(c2ccccc2)C1. The van der Waals surface area contributed by atoms with Gasteiger partial charge in [0.2, 0.25) is 17.7 Å². The summed E-state index contributed by atoms with van der Waals surface area (Å²) in [4.78, 5) is 53.2. The first-order valence-electron chi connectivity index (χ1n) is 10.7. The average Bonchev–Trinajstić information content (AvgIpc) is 3.33. The summed E-state index contributed by atoms with van der Waals surface area (Å²) in [7, 11) is 0. The molecule has 162 valence electrons. The lowest BCUT2D eigenvalue weighted by molar-refractivity contribution is -0.139. The fraction of sp³-hybridized carbons (Fsp3) is 0.280. The van der Waals surface area contributed by atoms with E-state index in [9.17, 15) is 19.2 Å². The van der Waals surface area contributed by atoms with Gasteiger partial charge in [0, 0.05) is 18.7 Å². The Labute approximate surface area is 185 Å². The minimum absolute atomic E-state index is 0.0966. The van der Waals surface area contributed by atoms with E-state index in [0.717, 1.165) is 5.69 Å². The fourth-order valence-electron chi connectivity index (χ4n) is 4.64. The maximum Gasteiger partial charge on any atom is 0.316 e. The number of esters is 1. The van der Waals surface area contributed by atoms with Crippen LogP contribution in [-0.2, 0) is 19.2 Å². The molecule has 32 heavy (non-hydrogen) atoms. The van der Waals surface area contributed by atoms with Crippen LogP contribution in [-0.4, -0.2) is 30.2 Å². The van der Waals surface area contributed by atoms with Crippen LogP contribution in [0.2, 0.25) is 0 Å². The summed E-state index contributed by atoms with van der Waals surface area (Å²) < 4.78 is 5.48. The Morgan fingerprint density at radius 1 is 0.812 bits per heavy atom. The molecule has 3 amide bonds. The summed E-state index contributed by atoms with van der Waals surface area (Å²) in [6.45, 7) is 0.271. The van der Waals surface area contributed by atoms with Gasteiger partial charge in [-0.05, 0) is 49.2 Å². The number of hydrogen-bond acceptors (Lipinski definition) is 5. The first-order valence-corrected chi connectivity index (χ1v) is 10.7. The average molecular weight is 430 g/mol. The van der Waals surface area contributed by atoms with Crippen LogP contribution in [0.4, 0.5) is 11.4 Å². The summed E-state index contributed by atoms with van der Waals surface area (Å²) in [6.07, 6.45) is 5.17. The molecule has 0 spiro atoms. The molecule has 0 N–H and O–H groups in total. The Hall–Kier alpha value is -3.74. The number of rotatable bonds is 4. The molecule has 3 atom stereocenters. The van der Waals surface area contributed by atoms with Crippen LogP contribution in [0, 0.1) is 17.8 Å². The fourth-order valence-corrected chi connectivity index (χ4v) is 4.64. The number of ether oxygens (including phenoxy) is 1. The van der Waals surface area contributed by atoms with Crippen LogP contribution in [0.25, 0.3) is 0 Å². The largest absolute Gasteiger partial charge is 0.426 e. The topological polar surface area (TPSA) is 84.0 Å². The number of benzene rings is 2. The summed E-state index contributed by atoms with van der Waals surface area (Å²) >= 11 is 0. The highest BCUT2D eigenvalue weighted by molar-refractivity contribution is 6.22. The van der Waals surface area contributed by atoms with Crippen molar-refractivity contribution < 1.29 is 23.9 Å². The molecule has 0 saturated carbocycles. The summed E-state index contributed by atoms with van der Waals surface area (Å²) in [5.74, 6) is -1.79. The van der Waals surface area contributed by atoms with Crippen LogP contribution < -0.4 is 14.5 Å². The first kappa shape index (κ1) is 20.2. The summed E-state index contributed by atoms with van der Waals surface area (Å²) in [6, 6.07) is 15.6. The van der Waals surface area contributed by atoms with E-state index in [4.69, 9.17) is 4.74 Å². The van der Waals surface area contributed by atoms with Crippen molar-refractivity contribution in [2.45, 2.75) is 19.3 Å². The highest BCUT2D eigenvalue weighted by Gasteiger charge is 2.47. The third-order valence-electron chi connectivity index (χ3n) is 6.35. The number of imide groups is 1. The van der Waals surface area contributed by atoms with Gasteiger partial charge in [-0.15, -0.1) is 0 Å². The molecule has 0 unspecified atom stereocenters. The van der Waals surface area contributed by atoms with Crippen molar-refractivity contribution >= 4 is 35.1 Å². The minimum Gasteiger partial charge on any atom is -0.426 e. The number of anilines is 2. The molecule has 2 aromatic rings. The van der Waals surface area contributed by atoms with Crippen LogP contribution in [0.3, 0.4) is 0 Å². The molecule has 2 saturated heterocycles. The Kier molecular flexibility index (Phi) is 5.09. The maximum absolute atomic E-state index is 12.7. The van der Waals surface area contributed by atoms with Crippen molar-refractivity contribution in [2.24, 2.45) is 17.8 Å².